The van der Waals surface area contributed by atoms with Crippen molar-refractivity contribution < 1.29 is 4.79 Å². The van der Waals surface area contributed by atoms with Gasteiger partial charge >= 0.3 is 0 Å². The molecule has 0 aliphatic heterocycles. The number of carbonyl (C=O) groups excluding carboxylic acids is 1. The molecule has 0 aromatic rings. The molecule has 1 unspecified atom stereocenters. The maximum Gasteiger partial charge on any atom is 0.221 e. The zero-order valence-corrected chi connectivity index (χ0v) is 7.70. The lowest BCUT2D eigenvalue weighted by Crippen LogP contribution is -2.31. The SMILES string of the molecule is C#CC(C)NC(=O)CCSC. The fraction of sp³-hybridized carbons (Fsp3) is 0.625. The first kappa shape index (κ1) is 10.4. The Labute approximate surface area is 72.1 Å². The first-order valence-corrected chi connectivity index (χ1v) is 4.84. The minimum absolute atomic E-state index is 0.0322. The summed E-state index contributed by atoms with van der Waals surface area (Å²) < 4.78 is 0. The Balaban J connectivity index is 3.46. The summed E-state index contributed by atoms with van der Waals surface area (Å²) in [6.45, 7) is 1.79. The molecule has 0 aliphatic carbocycles. The molecule has 0 spiro atoms. The van der Waals surface area contributed by atoms with E-state index < -0.39 is 0 Å². The van der Waals surface area contributed by atoms with Gasteiger partial charge in [0.1, 0.15) is 0 Å². The van der Waals surface area contributed by atoms with Crippen LogP contribution in [0.4, 0.5) is 0 Å². The van der Waals surface area contributed by atoms with Crippen LogP contribution in [0.15, 0.2) is 0 Å². The van der Waals surface area contributed by atoms with Crippen LogP contribution in [0.5, 0.6) is 0 Å². The van der Waals surface area contributed by atoms with Gasteiger partial charge in [-0.1, -0.05) is 5.92 Å². The highest BCUT2D eigenvalue weighted by Crippen LogP contribution is 1.95. The van der Waals surface area contributed by atoms with Gasteiger partial charge in [-0.3, -0.25) is 4.79 Å². The normalized spacial score (nSPS) is 11.7. The van der Waals surface area contributed by atoms with Crippen molar-refractivity contribution >= 4 is 17.7 Å². The van der Waals surface area contributed by atoms with E-state index in [1.54, 1.807) is 18.7 Å². The van der Waals surface area contributed by atoms with Gasteiger partial charge in [0, 0.05) is 12.2 Å². The molecule has 0 saturated heterocycles. The number of nitrogens with one attached hydrogen (secondary N) is 1. The van der Waals surface area contributed by atoms with Gasteiger partial charge in [0.2, 0.25) is 5.91 Å². The Bertz CT molecular complexity index is 162. The Morgan fingerprint density at radius 1 is 1.82 bits per heavy atom. The van der Waals surface area contributed by atoms with E-state index in [4.69, 9.17) is 6.42 Å². The van der Waals surface area contributed by atoms with Gasteiger partial charge in [-0.05, 0) is 13.2 Å². The molecular formula is C8H13NOS. The van der Waals surface area contributed by atoms with Crippen LogP contribution in [-0.4, -0.2) is 24.0 Å². The molecule has 0 rings (SSSR count). The van der Waals surface area contributed by atoms with Crippen LogP contribution >= 0.6 is 11.8 Å². The van der Waals surface area contributed by atoms with E-state index in [-0.39, 0.29) is 11.9 Å². The average Bonchev–Trinajstić information content (AvgIpc) is 2.00. The summed E-state index contributed by atoms with van der Waals surface area (Å²) in [4.78, 5) is 11.0. The molecule has 0 aromatic heterocycles. The molecule has 62 valence electrons. The quantitative estimate of drug-likeness (QED) is 0.636. The summed E-state index contributed by atoms with van der Waals surface area (Å²) >= 11 is 1.65. The number of hydrogen-bond donors (Lipinski definition) is 1. The second-order valence-electron chi connectivity index (χ2n) is 2.20. The molecule has 1 N–H and O–H groups in total. The van der Waals surface area contributed by atoms with E-state index in [1.165, 1.54) is 0 Å². The predicted octanol–water partition coefficient (Wildman–Crippen LogP) is 0.877. The molecule has 0 heterocycles. The van der Waals surface area contributed by atoms with Gasteiger partial charge in [-0.25, -0.2) is 0 Å². The van der Waals surface area contributed by atoms with Gasteiger partial charge in [0.15, 0.2) is 0 Å². The largest absolute Gasteiger partial charge is 0.343 e. The van der Waals surface area contributed by atoms with E-state index in [1.807, 2.05) is 6.26 Å². The zero-order valence-electron chi connectivity index (χ0n) is 6.89. The Morgan fingerprint density at radius 3 is 2.91 bits per heavy atom. The van der Waals surface area contributed by atoms with E-state index in [2.05, 4.69) is 11.2 Å². The third-order valence-electron chi connectivity index (χ3n) is 1.16. The van der Waals surface area contributed by atoms with Crippen molar-refractivity contribution in [2.75, 3.05) is 12.0 Å². The highest BCUT2D eigenvalue weighted by molar-refractivity contribution is 7.98. The zero-order chi connectivity index (χ0) is 8.69. The molecule has 11 heavy (non-hydrogen) atoms. The van der Waals surface area contributed by atoms with E-state index in [0.717, 1.165) is 5.75 Å². The van der Waals surface area contributed by atoms with Crippen molar-refractivity contribution in [3.8, 4) is 12.3 Å². The fourth-order valence-corrected chi connectivity index (χ4v) is 0.940. The maximum atomic E-state index is 11.0. The molecule has 0 aromatic carbocycles. The molecule has 0 radical (unpaired) electrons. The number of terminal acetylenes is 1. The summed E-state index contributed by atoms with van der Waals surface area (Å²) in [5, 5.41) is 2.68. The number of carbonyl (C=O) groups is 1. The predicted molar refractivity (Wildman–Crippen MR) is 49.4 cm³/mol. The first-order valence-electron chi connectivity index (χ1n) is 3.45. The fourth-order valence-electron chi connectivity index (χ4n) is 0.550. The lowest BCUT2D eigenvalue weighted by atomic mass is 10.3. The lowest BCUT2D eigenvalue weighted by molar-refractivity contribution is -0.120. The van der Waals surface area contributed by atoms with Gasteiger partial charge in [0.05, 0.1) is 6.04 Å². The van der Waals surface area contributed by atoms with Crippen LogP contribution in [0, 0.1) is 12.3 Å². The van der Waals surface area contributed by atoms with Crippen LogP contribution in [0.25, 0.3) is 0 Å². The standard InChI is InChI=1S/C8H13NOS/c1-4-7(2)9-8(10)5-6-11-3/h1,7H,5-6H2,2-3H3,(H,9,10). The highest BCUT2D eigenvalue weighted by atomic mass is 32.2. The first-order chi connectivity index (χ1) is 5.20. The average molecular weight is 171 g/mol. The summed E-state index contributed by atoms with van der Waals surface area (Å²) in [6, 6.07) is -0.149. The van der Waals surface area contributed by atoms with Gasteiger partial charge < -0.3 is 5.32 Å². The molecule has 1 amide bonds. The summed E-state index contributed by atoms with van der Waals surface area (Å²) in [5.74, 6) is 3.32. The smallest absolute Gasteiger partial charge is 0.221 e. The van der Waals surface area contributed by atoms with E-state index in [9.17, 15) is 4.79 Å². The Morgan fingerprint density at radius 2 is 2.45 bits per heavy atom. The molecule has 3 heteroatoms. The number of hydrogen-bond acceptors (Lipinski definition) is 2. The Kier molecular flexibility index (Phi) is 5.77. The summed E-state index contributed by atoms with van der Waals surface area (Å²) in [5.41, 5.74) is 0. The van der Waals surface area contributed by atoms with Gasteiger partial charge in [-0.15, -0.1) is 6.42 Å². The number of thioether (sulfide) groups is 1. The lowest BCUT2D eigenvalue weighted by Gasteiger charge is -2.05. The van der Waals surface area contributed by atoms with Crippen LogP contribution in [-0.2, 0) is 4.79 Å². The molecule has 1 atom stereocenters. The highest BCUT2D eigenvalue weighted by Gasteiger charge is 2.02. The molecule has 0 aliphatic rings. The summed E-state index contributed by atoms with van der Waals surface area (Å²) in [6.07, 6.45) is 7.60. The number of rotatable bonds is 4. The number of amides is 1. The molecule has 0 fully saturated rings. The van der Waals surface area contributed by atoms with Crippen molar-refractivity contribution in [3.63, 3.8) is 0 Å². The van der Waals surface area contributed by atoms with Crippen molar-refractivity contribution in [1.29, 1.82) is 0 Å². The van der Waals surface area contributed by atoms with Gasteiger partial charge in [-0.2, -0.15) is 11.8 Å². The van der Waals surface area contributed by atoms with Crippen LogP contribution in [0.1, 0.15) is 13.3 Å². The molecule has 0 saturated carbocycles. The Hall–Kier alpha value is -0.620. The monoisotopic (exact) mass is 171 g/mol. The minimum Gasteiger partial charge on any atom is -0.343 e. The molecule has 0 bridgehead atoms. The van der Waals surface area contributed by atoms with Gasteiger partial charge in [0.25, 0.3) is 0 Å². The van der Waals surface area contributed by atoms with Crippen molar-refractivity contribution in [2.45, 2.75) is 19.4 Å². The van der Waals surface area contributed by atoms with Crippen LogP contribution < -0.4 is 5.32 Å². The van der Waals surface area contributed by atoms with Crippen LogP contribution in [0.3, 0.4) is 0 Å². The van der Waals surface area contributed by atoms with Crippen molar-refractivity contribution in [1.82, 2.24) is 5.32 Å². The molecule has 2 nitrogen and oxygen atoms in total. The summed E-state index contributed by atoms with van der Waals surface area (Å²) in [7, 11) is 0. The third kappa shape index (κ3) is 5.81. The molecular weight excluding hydrogens is 158 g/mol. The van der Waals surface area contributed by atoms with Crippen molar-refractivity contribution in [3.05, 3.63) is 0 Å². The topological polar surface area (TPSA) is 29.1 Å². The van der Waals surface area contributed by atoms with E-state index >= 15 is 0 Å². The second-order valence-corrected chi connectivity index (χ2v) is 3.18. The third-order valence-corrected chi connectivity index (χ3v) is 1.77. The second kappa shape index (κ2) is 6.11. The van der Waals surface area contributed by atoms with Crippen molar-refractivity contribution in [2.24, 2.45) is 0 Å². The maximum absolute atomic E-state index is 11.0. The van der Waals surface area contributed by atoms with E-state index in [0.29, 0.717) is 6.42 Å². The minimum atomic E-state index is -0.149. The van der Waals surface area contributed by atoms with Crippen LogP contribution in [0.2, 0.25) is 0 Å².